The van der Waals surface area contributed by atoms with Crippen LogP contribution < -0.4 is 10.6 Å². The first-order valence-corrected chi connectivity index (χ1v) is 7.88. The summed E-state index contributed by atoms with van der Waals surface area (Å²) < 4.78 is 0. The van der Waals surface area contributed by atoms with Crippen LogP contribution in [-0.4, -0.2) is 30.1 Å². The number of aliphatic imine (C=N–C) groups is 1. The molecule has 0 spiro atoms. The topological polar surface area (TPSA) is 52.2 Å². The average Bonchev–Trinajstić information content (AvgIpc) is 3.18. The quantitative estimate of drug-likeness (QED) is 0.401. The van der Waals surface area contributed by atoms with E-state index < -0.39 is 0 Å². The SMILES string of the molecule is CCNC(=NCCc1c[nH]c2cccc(C)c12)NC1CC1.I. The molecular formula is C17H25IN4. The van der Waals surface area contributed by atoms with E-state index in [0.29, 0.717) is 6.04 Å². The number of hydrogen-bond donors (Lipinski definition) is 3. The molecule has 0 aliphatic heterocycles. The number of nitrogens with zero attached hydrogens (tertiary/aromatic N) is 1. The lowest BCUT2D eigenvalue weighted by atomic mass is 10.1. The van der Waals surface area contributed by atoms with E-state index in [-0.39, 0.29) is 24.0 Å². The minimum atomic E-state index is 0. The summed E-state index contributed by atoms with van der Waals surface area (Å²) in [5, 5.41) is 8.12. The molecule has 2 aromatic rings. The smallest absolute Gasteiger partial charge is 0.191 e. The molecule has 0 amide bonds. The number of nitrogens with one attached hydrogen (secondary N) is 3. The van der Waals surface area contributed by atoms with Crippen molar-refractivity contribution in [1.82, 2.24) is 15.6 Å². The lowest BCUT2D eigenvalue weighted by molar-refractivity contribution is 0.809. The van der Waals surface area contributed by atoms with Gasteiger partial charge in [-0.25, -0.2) is 0 Å². The number of rotatable bonds is 5. The van der Waals surface area contributed by atoms with Crippen LogP contribution in [0.2, 0.25) is 0 Å². The van der Waals surface area contributed by atoms with E-state index in [9.17, 15) is 0 Å². The third-order valence-corrected chi connectivity index (χ3v) is 3.91. The van der Waals surface area contributed by atoms with Crippen LogP contribution in [0.15, 0.2) is 29.4 Å². The zero-order chi connectivity index (χ0) is 14.7. The molecule has 1 aromatic carbocycles. The molecule has 1 heterocycles. The van der Waals surface area contributed by atoms with Gasteiger partial charge >= 0.3 is 0 Å². The van der Waals surface area contributed by atoms with Gasteiger partial charge in [0.15, 0.2) is 5.96 Å². The van der Waals surface area contributed by atoms with E-state index in [2.05, 4.69) is 58.9 Å². The number of aromatic nitrogens is 1. The van der Waals surface area contributed by atoms with Crippen molar-refractivity contribution < 1.29 is 0 Å². The number of halogens is 1. The highest BCUT2D eigenvalue weighted by Crippen LogP contribution is 2.22. The van der Waals surface area contributed by atoms with Gasteiger partial charge in [0, 0.05) is 36.2 Å². The molecule has 3 rings (SSSR count). The van der Waals surface area contributed by atoms with Crippen LogP contribution in [0.4, 0.5) is 0 Å². The predicted molar refractivity (Wildman–Crippen MR) is 104 cm³/mol. The third-order valence-electron chi connectivity index (χ3n) is 3.91. The van der Waals surface area contributed by atoms with E-state index in [0.717, 1.165) is 25.5 Å². The van der Waals surface area contributed by atoms with Gasteiger partial charge in [0.1, 0.15) is 0 Å². The lowest BCUT2D eigenvalue weighted by Gasteiger charge is -2.10. The van der Waals surface area contributed by atoms with E-state index in [4.69, 9.17) is 0 Å². The van der Waals surface area contributed by atoms with Crippen LogP contribution in [0.25, 0.3) is 10.9 Å². The summed E-state index contributed by atoms with van der Waals surface area (Å²) in [5.74, 6) is 0.955. The number of H-pyrrole nitrogens is 1. The molecule has 1 aromatic heterocycles. The Morgan fingerprint density at radius 2 is 2.18 bits per heavy atom. The second kappa shape index (κ2) is 7.85. The average molecular weight is 412 g/mol. The molecule has 1 aliphatic carbocycles. The minimum Gasteiger partial charge on any atom is -0.361 e. The summed E-state index contributed by atoms with van der Waals surface area (Å²) in [6.07, 6.45) is 5.62. The van der Waals surface area contributed by atoms with Crippen molar-refractivity contribution >= 4 is 40.8 Å². The zero-order valence-corrected chi connectivity index (χ0v) is 15.6. The molecule has 3 N–H and O–H groups in total. The molecule has 22 heavy (non-hydrogen) atoms. The van der Waals surface area contributed by atoms with Gasteiger partial charge in [0.05, 0.1) is 0 Å². The largest absolute Gasteiger partial charge is 0.361 e. The zero-order valence-electron chi connectivity index (χ0n) is 13.3. The second-order valence-electron chi connectivity index (χ2n) is 5.74. The van der Waals surface area contributed by atoms with Crippen molar-refractivity contribution in [2.24, 2.45) is 4.99 Å². The number of aryl methyl sites for hydroxylation is 1. The van der Waals surface area contributed by atoms with Gasteiger partial charge < -0.3 is 15.6 Å². The van der Waals surface area contributed by atoms with Crippen LogP contribution >= 0.6 is 24.0 Å². The second-order valence-corrected chi connectivity index (χ2v) is 5.74. The summed E-state index contributed by atoms with van der Waals surface area (Å²) in [6, 6.07) is 7.03. The van der Waals surface area contributed by atoms with Crippen LogP contribution in [0.5, 0.6) is 0 Å². The lowest BCUT2D eigenvalue weighted by Crippen LogP contribution is -2.38. The Labute approximate surface area is 149 Å². The molecule has 1 saturated carbocycles. The third kappa shape index (κ3) is 4.15. The van der Waals surface area contributed by atoms with Gasteiger partial charge in [-0.2, -0.15) is 0 Å². The Bertz CT molecular complexity index is 643. The molecule has 4 nitrogen and oxygen atoms in total. The highest BCUT2D eigenvalue weighted by molar-refractivity contribution is 14.0. The van der Waals surface area contributed by atoms with Crippen LogP contribution in [0.1, 0.15) is 30.9 Å². The maximum absolute atomic E-state index is 4.69. The van der Waals surface area contributed by atoms with E-state index in [1.165, 1.54) is 34.9 Å². The molecule has 120 valence electrons. The molecule has 0 unspecified atom stereocenters. The van der Waals surface area contributed by atoms with E-state index >= 15 is 0 Å². The standard InChI is InChI=1S/C17H24N4.HI/c1-3-18-17(21-14-7-8-14)19-10-9-13-11-20-15-6-4-5-12(2)16(13)15;/h4-6,11,14,20H,3,7-10H2,1-2H3,(H2,18,19,21);1H. The number of guanidine groups is 1. The molecule has 0 bridgehead atoms. The molecule has 1 fully saturated rings. The van der Waals surface area contributed by atoms with Gasteiger partial charge in [-0.15, -0.1) is 24.0 Å². The molecule has 0 radical (unpaired) electrons. The summed E-state index contributed by atoms with van der Waals surface area (Å²) in [5.41, 5.74) is 3.90. The monoisotopic (exact) mass is 412 g/mol. The van der Waals surface area contributed by atoms with Gasteiger partial charge in [-0.1, -0.05) is 12.1 Å². The fourth-order valence-electron chi connectivity index (χ4n) is 2.68. The summed E-state index contributed by atoms with van der Waals surface area (Å²) in [6.45, 7) is 5.99. The Balaban J connectivity index is 0.00000176. The van der Waals surface area contributed by atoms with Crippen LogP contribution in [-0.2, 0) is 6.42 Å². The van der Waals surface area contributed by atoms with Gasteiger partial charge in [-0.3, -0.25) is 4.99 Å². The van der Waals surface area contributed by atoms with Crippen molar-refractivity contribution in [2.45, 2.75) is 39.2 Å². The Hall–Kier alpha value is -1.24. The first-order chi connectivity index (χ1) is 10.3. The maximum atomic E-state index is 4.69. The fraction of sp³-hybridized carbons (Fsp3) is 0.471. The number of hydrogen-bond acceptors (Lipinski definition) is 1. The predicted octanol–water partition coefficient (Wildman–Crippen LogP) is 3.35. The first kappa shape index (κ1) is 17.1. The van der Waals surface area contributed by atoms with Crippen molar-refractivity contribution in [3.63, 3.8) is 0 Å². The number of fused-ring (bicyclic) bond motifs is 1. The Kier molecular flexibility index (Phi) is 6.11. The highest BCUT2D eigenvalue weighted by atomic mass is 127. The van der Waals surface area contributed by atoms with Crippen molar-refractivity contribution in [3.05, 3.63) is 35.5 Å². The first-order valence-electron chi connectivity index (χ1n) is 7.88. The van der Waals surface area contributed by atoms with Crippen molar-refractivity contribution in [2.75, 3.05) is 13.1 Å². The number of benzene rings is 1. The summed E-state index contributed by atoms with van der Waals surface area (Å²) >= 11 is 0. The van der Waals surface area contributed by atoms with Gasteiger partial charge in [0.25, 0.3) is 0 Å². The van der Waals surface area contributed by atoms with E-state index in [1.807, 2.05) is 0 Å². The van der Waals surface area contributed by atoms with Gasteiger partial charge in [-0.05, 0) is 50.3 Å². The maximum Gasteiger partial charge on any atom is 0.191 e. The molecular weight excluding hydrogens is 387 g/mol. The van der Waals surface area contributed by atoms with Crippen molar-refractivity contribution in [1.29, 1.82) is 0 Å². The van der Waals surface area contributed by atoms with Crippen LogP contribution in [0.3, 0.4) is 0 Å². The van der Waals surface area contributed by atoms with E-state index in [1.54, 1.807) is 0 Å². The molecule has 0 saturated heterocycles. The van der Waals surface area contributed by atoms with Crippen molar-refractivity contribution in [3.8, 4) is 0 Å². The normalized spacial score (nSPS) is 14.7. The number of aromatic amines is 1. The summed E-state index contributed by atoms with van der Waals surface area (Å²) in [4.78, 5) is 8.04. The van der Waals surface area contributed by atoms with Gasteiger partial charge in [0.2, 0.25) is 0 Å². The molecule has 5 heteroatoms. The highest BCUT2D eigenvalue weighted by Gasteiger charge is 2.21. The Morgan fingerprint density at radius 3 is 2.91 bits per heavy atom. The summed E-state index contributed by atoms with van der Waals surface area (Å²) in [7, 11) is 0. The minimum absolute atomic E-state index is 0. The fourth-order valence-corrected chi connectivity index (χ4v) is 2.68. The Morgan fingerprint density at radius 1 is 1.36 bits per heavy atom. The molecule has 0 atom stereocenters. The van der Waals surface area contributed by atoms with Crippen LogP contribution in [0, 0.1) is 6.92 Å². The molecule has 1 aliphatic rings.